The molecule has 2 rings (SSSR count). The van der Waals surface area contributed by atoms with Gasteiger partial charge in [0.25, 0.3) is 0 Å². The van der Waals surface area contributed by atoms with E-state index >= 15 is 0 Å². The number of benzene rings is 1. The van der Waals surface area contributed by atoms with Gasteiger partial charge in [-0.25, -0.2) is 0 Å². The smallest absolute Gasteiger partial charge is 0.306 e. The number of ether oxygens (including phenoxy) is 2. The van der Waals surface area contributed by atoms with Gasteiger partial charge in [0.05, 0.1) is 7.11 Å². The van der Waals surface area contributed by atoms with Gasteiger partial charge in [0.2, 0.25) is 0 Å². The Morgan fingerprint density at radius 3 is 2.67 bits per heavy atom. The zero-order valence-electron chi connectivity index (χ0n) is 10.3. The van der Waals surface area contributed by atoms with Gasteiger partial charge in [-0.1, -0.05) is 12.1 Å². The van der Waals surface area contributed by atoms with Crippen molar-refractivity contribution >= 4 is 11.8 Å². The number of carbonyl (C=O) groups is 2. The Labute approximate surface area is 106 Å². The number of rotatable bonds is 5. The third-order valence-electron chi connectivity index (χ3n) is 3.06. The molecule has 1 aliphatic heterocycles. The summed E-state index contributed by atoms with van der Waals surface area (Å²) in [6.07, 6.45) is 1.44. The van der Waals surface area contributed by atoms with E-state index in [2.05, 4.69) is 0 Å². The first kappa shape index (κ1) is 12.6. The Kier molecular flexibility index (Phi) is 3.97. The number of ketones is 1. The monoisotopic (exact) mass is 248 g/mol. The van der Waals surface area contributed by atoms with Gasteiger partial charge in [0, 0.05) is 19.3 Å². The number of Topliss-reactive ketones (excluding diaryl/α,β-unsaturated/α-hetero) is 1. The van der Waals surface area contributed by atoms with Crippen LogP contribution in [0.4, 0.5) is 0 Å². The zero-order chi connectivity index (χ0) is 13.0. The molecule has 0 spiro atoms. The van der Waals surface area contributed by atoms with Crippen molar-refractivity contribution in [1.82, 2.24) is 0 Å². The normalized spacial score (nSPS) is 18.5. The second-order valence-corrected chi connectivity index (χ2v) is 4.33. The SMILES string of the molecule is COc1ccc(CCC(=O)C2CCC(=O)O2)cc1. The number of aryl methyl sites for hydroxylation is 1. The lowest BCUT2D eigenvalue weighted by Crippen LogP contribution is -2.20. The molecule has 1 aromatic rings. The molecule has 1 atom stereocenters. The Balaban J connectivity index is 1.83. The average Bonchev–Trinajstić information content (AvgIpc) is 2.83. The fourth-order valence-electron chi connectivity index (χ4n) is 1.97. The maximum atomic E-state index is 11.8. The van der Waals surface area contributed by atoms with Crippen LogP contribution < -0.4 is 4.74 Å². The largest absolute Gasteiger partial charge is 0.497 e. The summed E-state index contributed by atoms with van der Waals surface area (Å²) in [6.45, 7) is 0. The summed E-state index contributed by atoms with van der Waals surface area (Å²) in [6, 6.07) is 7.62. The van der Waals surface area contributed by atoms with Gasteiger partial charge in [-0.2, -0.15) is 0 Å². The van der Waals surface area contributed by atoms with Gasteiger partial charge < -0.3 is 9.47 Å². The molecule has 1 aliphatic rings. The van der Waals surface area contributed by atoms with Crippen LogP contribution in [0.1, 0.15) is 24.8 Å². The lowest BCUT2D eigenvalue weighted by atomic mass is 10.0. The predicted molar refractivity (Wildman–Crippen MR) is 65.4 cm³/mol. The minimum absolute atomic E-state index is 0.0108. The van der Waals surface area contributed by atoms with Crippen LogP contribution >= 0.6 is 0 Å². The van der Waals surface area contributed by atoms with E-state index in [0.29, 0.717) is 25.7 Å². The molecule has 1 saturated heterocycles. The summed E-state index contributed by atoms with van der Waals surface area (Å²) >= 11 is 0. The molecule has 0 bridgehead atoms. The van der Waals surface area contributed by atoms with E-state index in [0.717, 1.165) is 11.3 Å². The van der Waals surface area contributed by atoms with Gasteiger partial charge in [0.15, 0.2) is 11.9 Å². The molecule has 1 aromatic carbocycles. The molecule has 1 unspecified atom stereocenters. The topological polar surface area (TPSA) is 52.6 Å². The zero-order valence-corrected chi connectivity index (χ0v) is 10.3. The van der Waals surface area contributed by atoms with E-state index in [1.165, 1.54) is 0 Å². The Morgan fingerprint density at radius 1 is 1.39 bits per heavy atom. The van der Waals surface area contributed by atoms with Crippen LogP contribution in [0, 0.1) is 0 Å². The van der Waals surface area contributed by atoms with Crippen molar-refractivity contribution < 1.29 is 19.1 Å². The van der Waals surface area contributed by atoms with E-state index < -0.39 is 6.10 Å². The fraction of sp³-hybridized carbons (Fsp3) is 0.429. The van der Waals surface area contributed by atoms with Gasteiger partial charge in [-0.3, -0.25) is 9.59 Å². The summed E-state index contributed by atoms with van der Waals surface area (Å²) in [4.78, 5) is 22.7. The van der Waals surface area contributed by atoms with Crippen molar-refractivity contribution in [2.45, 2.75) is 31.8 Å². The Bertz CT molecular complexity index is 436. The fourth-order valence-corrected chi connectivity index (χ4v) is 1.97. The third-order valence-corrected chi connectivity index (χ3v) is 3.06. The first-order chi connectivity index (χ1) is 8.69. The third kappa shape index (κ3) is 3.09. The standard InChI is InChI=1S/C14H16O4/c1-17-11-5-2-10(3-6-11)4-7-12(15)13-8-9-14(16)18-13/h2-3,5-6,13H,4,7-9H2,1H3. The molecular weight excluding hydrogens is 232 g/mol. The van der Waals surface area contributed by atoms with Crippen LogP contribution in [0.15, 0.2) is 24.3 Å². The van der Waals surface area contributed by atoms with Crippen LogP contribution in [0.3, 0.4) is 0 Å². The molecule has 18 heavy (non-hydrogen) atoms. The molecule has 0 saturated carbocycles. The number of carbonyl (C=O) groups excluding carboxylic acids is 2. The van der Waals surface area contributed by atoms with Crippen molar-refractivity contribution in [3.8, 4) is 5.75 Å². The van der Waals surface area contributed by atoms with Crippen molar-refractivity contribution in [2.24, 2.45) is 0 Å². The molecule has 0 aromatic heterocycles. The number of cyclic esters (lactones) is 1. The lowest BCUT2D eigenvalue weighted by Gasteiger charge is -2.08. The molecule has 0 N–H and O–H groups in total. The summed E-state index contributed by atoms with van der Waals surface area (Å²) in [5.41, 5.74) is 1.08. The van der Waals surface area contributed by atoms with E-state index in [1.54, 1.807) is 7.11 Å². The number of methoxy groups -OCH3 is 1. The molecule has 1 heterocycles. The lowest BCUT2D eigenvalue weighted by molar-refractivity contribution is -0.147. The quantitative estimate of drug-likeness (QED) is 0.747. The Morgan fingerprint density at radius 2 is 2.11 bits per heavy atom. The summed E-state index contributed by atoms with van der Waals surface area (Å²) in [5, 5.41) is 0. The maximum Gasteiger partial charge on any atom is 0.306 e. The van der Waals surface area contributed by atoms with E-state index in [-0.39, 0.29) is 11.8 Å². The van der Waals surface area contributed by atoms with Crippen LogP contribution in [-0.2, 0) is 20.7 Å². The van der Waals surface area contributed by atoms with Crippen molar-refractivity contribution in [1.29, 1.82) is 0 Å². The Hall–Kier alpha value is -1.84. The van der Waals surface area contributed by atoms with E-state index in [9.17, 15) is 9.59 Å². The van der Waals surface area contributed by atoms with Crippen LogP contribution in [0.5, 0.6) is 5.75 Å². The van der Waals surface area contributed by atoms with Gasteiger partial charge in [-0.05, 0) is 24.1 Å². The minimum Gasteiger partial charge on any atom is -0.497 e. The van der Waals surface area contributed by atoms with Crippen molar-refractivity contribution in [2.75, 3.05) is 7.11 Å². The van der Waals surface area contributed by atoms with Crippen molar-refractivity contribution in [3.63, 3.8) is 0 Å². The van der Waals surface area contributed by atoms with Crippen LogP contribution in [-0.4, -0.2) is 25.0 Å². The number of esters is 1. The van der Waals surface area contributed by atoms with E-state index in [1.807, 2.05) is 24.3 Å². The molecule has 4 nitrogen and oxygen atoms in total. The van der Waals surface area contributed by atoms with Gasteiger partial charge >= 0.3 is 5.97 Å². The molecule has 0 radical (unpaired) electrons. The molecule has 0 aliphatic carbocycles. The average molecular weight is 248 g/mol. The second kappa shape index (κ2) is 5.67. The predicted octanol–water partition coefficient (Wildman–Crippen LogP) is 1.90. The van der Waals surface area contributed by atoms with Gasteiger partial charge in [0.1, 0.15) is 5.75 Å². The number of hydrogen-bond acceptors (Lipinski definition) is 4. The highest BCUT2D eigenvalue weighted by Gasteiger charge is 2.28. The molecular formula is C14H16O4. The highest BCUT2D eigenvalue weighted by atomic mass is 16.6. The van der Waals surface area contributed by atoms with E-state index in [4.69, 9.17) is 9.47 Å². The minimum atomic E-state index is -0.518. The van der Waals surface area contributed by atoms with Crippen molar-refractivity contribution in [3.05, 3.63) is 29.8 Å². The van der Waals surface area contributed by atoms with Gasteiger partial charge in [-0.15, -0.1) is 0 Å². The summed E-state index contributed by atoms with van der Waals surface area (Å²) in [7, 11) is 1.62. The number of hydrogen-bond donors (Lipinski definition) is 0. The van der Waals surface area contributed by atoms with Crippen LogP contribution in [0.2, 0.25) is 0 Å². The highest BCUT2D eigenvalue weighted by molar-refractivity contribution is 5.88. The molecule has 4 heteroatoms. The maximum absolute atomic E-state index is 11.8. The first-order valence-electron chi connectivity index (χ1n) is 6.04. The first-order valence-corrected chi connectivity index (χ1v) is 6.04. The molecule has 1 fully saturated rings. The van der Waals surface area contributed by atoms with Crippen LogP contribution in [0.25, 0.3) is 0 Å². The molecule has 0 amide bonds. The molecule has 96 valence electrons. The summed E-state index contributed by atoms with van der Waals surface area (Å²) < 4.78 is 10.0. The summed E-state index contributed by atoms with van der Waals surface area (Å²) in [5.74, 6) is 0.546. The second-order valence-electron chi connectivity index (χ2n) is 4.33. The highest BCUT2D eigenvalue weighted by Crippen LogP contribution is 2.18.